The lowest BCUT2D eigenvalue weighted by atomic mass is 10.1. The van der Waals surface area contributed by atoms with Gasteiger partial charge in [0.15, 0.2) is 11.6 Å². The summed E-state index contributed by atoms with van der Waals surface area (Å²) in [7, 11) is 0. The summed E-state index contributed by atoms with van der Waals surface area (Å²) in [5, 5.41) is 0. The van der Waals surface area contributed by atoms with E-state index in [-0.39, 0.29) is 6.10 Å². The number of ether oxygens (including phenoxy) is 1. The Hall–Kier alpha value is -1.25. The molecule has 0 spiro atoms. The van der Waals surface area contributed by atoms with Gasteiger partial charge < -0.3 is 10.5 Å². The number of pyridine rings is 1. The summed E-state index contributed by atoms with van der Waals surface area (Å²) in [4.78, 5) is 3.94. The van der Waals surface area contributed by atoms with Crippen LogP contribution in [0.15, 0.2) is 18.3 Å². The Morgan fingerprint density at radius 1 is 1.38 bits per heavy atom. The molecule has 3 nitrogen and oxygen atoms in total. The molecule has 0 aliphatic heterocycles. The third-order valence-corrected chi connectivity index (χ3v) is 2.05. The number of nitrogens with zero attached hydrogens (tertiary/aromatic N) is 1. The highest BCUT2D eigenvalue weighted by Gasteiger charge is 2.10. The molecule has 1 heterocycles. The Bertz CT molecular complexity index is 273. The molecule has 0 aliphatic carbocycles. The van der Waals surface area contributed by atoms with Crippen LogP contribution in [-0.2, 0) is 0 Å². The van der Waals surface area contributed by atoms with Gasteiger partial charge in [-0.3, -0.25) is 0 Å². The number of hydrogen-bond donors (Lipinski definition) is 1. The van der Waals surface area contributed by atoms with Gasteiger partial charge in [0.2, 0.25) is 0 Å². The predicted octanol–water partition coefficient (Wildman–Crippen LogP) is 2.09. The van der Waals surface area contributed by atoms with Crippen LogP contribution < -0.4 is 10.5 Å². The standard InChI is InChI=1S/C10H16N2O/c1-7(2)8(3)13-9-5-4-6-12-10(9)11/h4-8H,1-3H3,(H2,11,12). The SMILES string of the molecule is CC(C)C(C)Oc1cccnc1N. The van der Waals surface area contributed by atoms with Crippen molar-refractivity contribution in [1.82, 2.24) is 4.98 Å². The van der Waals surface area contributed by atoms with E-state index in [2.05, 4.69) is 18.8 Å². The van der Waals surface area contributed by atoms with E-state index in [0.717, 1.165) is 0 Å². The maximum Gasteiger partial charge on any atom is 0.166 e. The van der Waals surface area contributed by atoms with Gasteiger partial charge >= 0.3 is 0 Å². The Balaban J connectivity index is 2.69. The van der Waals surface area contributed by atoms with Gasteiger partial charge in [0.05, 0.1) is 6.10 Å². The summed E-state index contributed by atoms with van der Waals surface area (Å²) in [5.74, 6) is 1.60. The van der Waals surface area contributed by atoms with E-state index in [1.165, 1.54) is 0 Å². The van der Waals surface area contributed by atoms with Gasteiger partial charge in [-0.05, 0) is 25.0 Å². The Morgan fingerprint density at radius 2 is 2.08 bits per heavy atom. The van der Waals surface area contributed by atoms with Crippen LogP contribution in [0, 0.1) is 5.92 Å². The van der Waals surface area contributed by atoms with Crippen LogP contribution in [-0.4, -0.2) is 11.1 Å². The van der Waals surface area contributed by atoms with Gasteiger partial charge in [0, 0.05) is 6.20 Å². The van der Waals surface area contributed by atoms with Gasteiger partial charge in [-0.25, -0.2) is 4.98 Å². The molecule has 72 valence electrons. The highest BCUT2D eigenvalue weighted by molar-refractivity contribution is 5.44. The zero-order valence-electron chi connectivity index (χ0n) is 8.32. The summed E-state index contributed by atoms with van der Waals surface area (Å²) in [6.45, 7) is 6.24. The smallest absolute Gasteiger partial charge is 0.166 e. The number of rotatable bonds is 3. The minimum atomic E-state index is 0.159. The quantitative estimate of drug-likeness (QED) is 0.774. The molecular formula is C10H16N2O. The molecule has 0 saturated heterocycles. The fourth-order valence-corrected chi connectivity index (χ4v) is 0.839. The van der Waals surface area contributed by atoms with Crippen molar-refractivity contribution < 1.29 is 4.74 Å². The van der Waals surface area contributed by atoms with Crippen molar-refractivity contribution >= 4 is 5.82 Å². The molecule has 1 aromatic rings. The summed E-state index contributed by atoms with van der Waals surface area (Å²) < 4.78 is 5.62. The molecule has 13 heavy (non-hydrogen) atoms. The molecule has 0 aromatic carbocycles. The van der Waals surface area contributed by atoms with Gasteiger partial charge in [-0.1, -0.05) is 13.8 Å². The second kappa shape index (κ2) is 4.12. The normalized spacial score (nSPS) is 12.9. The average molecular weight is 180 g/mol. The minimum Gasteiger partial charge on any atom is -0.487 e. The Morgan fingerprint density at radius 3 is 2.62 bits per heavy atom. The minimum absolute atomic E-state index is 0.159. The van der Waals surface area contributed by atoms with E-state index < -0.39 is 0 Å². The van der Waals surface area contributed by atoms with Crippen molar-refractivity contribution in [3.63, 3.8) is 0 Å². The van der Waals surface area contributed by atoms with E-state index in [9.17, 15) is 0 Å². The number of hydrogen-bond acceptors (Lipinski definition) is 3. The Kier molecular flexibility index (Phi) is 3.12. The van der Waals surface area contributed by atoms with E-state index >= 15 is 0 Å². The van der Waals surface area contributed by atoms with Crippen LogP contribution in [0.1, 0.15) is 20.8 Å². The van der Waals surface area contributed by atoms with Crippen molar-refractivity contribution in [2.45, 2.75) is 26.9 Å². The van der Waals surface area contributed by atoms with Gasteiger partial charge in [0.25, 0.3) is 0 Å². The number of nitrogen functional groups attached to an aromatic ring is 1. The lowest BCUT2D eigenvalue weighted by molar-refractivity contribution is 0.171. The highest BCUT2D eigenvalue weighted by atomic mass is 16.5. The number of aromatic nitrogens is 1. The first-order valence-electron chi connectivity index (χ1n) is 4.48. The first kappa shape index (κ1) is 9.84. The average Bonchev–Trinajstić information content (AvgIpc) is 2.08. The molecule has 1 rings (SSSR count). The molecule has 0 amide bonds. The molecule has 3 heteroatoms. The fraction of sp³-hybridized carbons (Fsp3) is 0.500. The van der Waals surface area contributed by atoms with Crippen LogP contribution in [0.2, 0.25) is 0 Å². The van der Waals surface area contributed by atoms with Crippen molar-refractivity contribution in [2.24, 2.45) is 5.92 Å². The summed E-state index contributed by atoms with van der Waals surface area (Å²) in [6, 6.07) is 3.65. The van der Waals surface area contributed by atoms with Crippen LogP contribution in [0.25, 0.3) is 0 Å². The summed E-state index contributed by atoms with van der Waals surface area (Å²) in [6.07, 6.45) is 1.81. The summed E-state index contributed by atoms with van der Waals surface area (Å²) >= 11 is 0. The molecule has 0 saturated carbocycles. The highest BCUT2D eigenvalue weighted by Crippen LogP contribution is 2.20. The first-order chi connectivity index (χ1) is 6.11. The number of anilines is 1. The monoisotopic (exact) mass is 180 g/mol. The van der Waals surface area contributed by atoms with Crippen LogP contribution in [0.5, 0.6) is 5.75 Å². The van der Waals surface area contributed by atoms with E-state index in [1.807, 2.05) is 19.1 Å². The zero-order valence-corrected chi connectivity index (χ0v) is 8.32. The molecule has 1 atom stereocenters. The lowest BCUT2D eigenvalue weighted by Crippen LogP contribution is -2.19. The van der Waals surface area contributed by atoms with Crippen molar-refractivity contribution in [2.75, 3.05) is 5.73 Å². The van der Waals surface area contributed by atoms with Crippen LogP contribution in [0.3, 0.4) is 0 Å². The van der Waals surface area contributed by atoms with E-state index in [1.54, 1.807) is 6.20 Å². The largest absolute Gasteiger partial charge is 0.487 e. The molecule has 1 aromatic heterocycles. The van der Waals surface area contributed by atoms with Gasteiger partial charge in [-0.2, -0.15) is 0 Å². The lowest BCUT2D eigenvalue weighted by Gasteiger charge is -2.18. The van der Waals surface area contributed by atoms with Crippen molar-refractivity contribution in [3.05, 3.63) is 18.3 Å². The zero-order chi connectivity index (χ0) is 9.84. The third-order valence-electron chi connectivity index (χ3n) is 2.05. The van der Waals surface area contributed by atoms with Crippen LogP contribution in [0.4, 0.5) is 5.82 Å². The second-order valence-corrected chi connectivity index (χ2v) is 3.45. The first-order valence-corrected chi connectivity index (χ1v) is 4.48. The van der Waals surface area contributed by atoms with Crippen LogP contribution >= 0.6 is 0 Å². The maximum atomic E-state index is 5.63. The number of nitrogens with two attached hydrogens (primary N) is 1. The Labute approximate surface area is 78.9 Å². The van der Waals surface area contributed by atoms with Gasteiger partial charge in [0.1, 0.15) is 0 Å². The topological polar surface area (TPSA) is 48.1 Å². The maximum absolute atomic E-state index is 5.63. The fourth-order valence-electron chi connectivity index (χ4n) is 0.839. The molecule has 1 unspecified atom stereocenters. The molecule has 0 aliphatic rings. The molecule has 0 radical (unpaired) electrons. The summed E-state index contributed by atoms with van der Waals surface area (Å²) in [5.41, 5.74) is 5.63. The molecule has 2 N–H and O–H groups in total. The second-order valence-electron chi connectivity index (χ2n) is 3.45. The predicted molar refractivity (Wildman–Crippen MR) is 53.6 cm³/mol. The van der Waals surface area contributed by atoms with Crippen molar-refractivity contribution in [1.29, 1.82) is 0 Å². The van der Waals surface area contributed by atoms with Gasteiger partial charge in [-0.15, -0.1) is 0 Å². The third kappa shape index (κ3) is 2.61. The molecule has 0 fully saturated rings. The molecular weight excluding hydrogens is 164 g/mol. The van der Waals surface area contributed by atoms with Crippen molar-refractivity contribution in [3.8, 4) is 5.75 Å². The van der Waals surface area contributed by atoms with E-state index in [4.69, 9.17) is 10.5 Å². The van der Waals surface area contributed by atoms with E-state index in [0.29, 0.717) is 17.5 Å². The molecule has 0 bridgehead atoms.